The molecule has 0 atom stereocenters. The first-order chi connectivity index (χ1) is 7.17. The number of aliphatic hydroxyl groups is 1. The van der Waals surface area contributed by atoms with Crippen LogP contribution in [-0.4, -0.2) is 33.3 Å². The van der Waals surface area contributed by atoms with Crippen LogP contribution < -0.4 is 4.74 Å². The summed E-state index contributed by atoms with van der Waals surface area (Å²) in [4.78, 5) is 18.2. The van der Waals surface area contributed by atoms with Gasteiger partial charge in [0, 0.05) is 18.8 Å². The number of rotatable bonds is 4. The van der Waals surface area contributed by atoms with Gasteiger partial charge in [-0.1, -0.05) is 0 Å². The van der Waals surface area contributed by atoms with Gasteiger partial charge in [-0.15, -0.1) is 0 Å². The van der Waals surface area contributed by atoms with Crippen molar-refractivity contribution in [2.45, 2.75) is 6.42 Å². The normalized spacial score (nSPS) is 11.1. The van der Waals surface area contributed by atoms with Crippen LogP contribution in [0.5, 0.6) is 6.01 Å². The molecule has 0 fully saturated rings. The second-order valence-electron chi connectivity index (χ2n) is 2.71. The maximum atomic E-state index is 10.6. The molecule has 0 radical (unpaired) electrons. The molecule has 80 valence electrons. The molecular weight excluding hydrogens is 200 g/mol. The van der Waals surface area contributed by atoms with Crippen LogP contribution in [0, 0.1) is 0 Å². The molecule has 1 heterocycles. The van der Waals surface area contributed by atoms with Crippen LogP contribution in [0.4, 0.5) is 0 Å². The molecule has 6 heteroatoms. The molecule has 0 aromatic carbocycles. The quantitative estimate of drug-likeness (QED) is 0.557. The maximum Gasteiger partial charge on any atom is 0.335 e. The van der Waals surface area contributed by atoms with E-state index in [2.05, 4.69) is 9.97 Å². The minimum Gasteiger partial charge on any atom is -0.515 e. The average Bonchev–Trinajstić information content (AvgIpc) is 2.26. The number of ether oxygens (including phenoxy) is 1. The smallest absolute Gasteiger partial charge is 0.335 e. The van der Waals surface area contributed by atoms with E-state index < -0.39 is 5.97 Å². The van der Waals surface area contributed by atoms with E-state index in [1.54, 1.807) is 0 Å². The molecule has 0 saturated heterocycles. The van der Waals surface area contributed by atoms with Crippen molar-refractivity contribution < 1.29 is 19.7 Å². The Labute approximate surface area is 85.9 Å². The zero-order valence-corrected chi connectivity index (χ0v) is 8.04. The summed E-state index contributed by atoms with van der Waals surface area (Å²) < 4.78 is 4.75. The highest BCUT2D eigenvalue weighted by atomic mass is 16.5. The van der Waals surface area contributed by atoms with E-state index >= 15 is 0 Å². The Hall–Kier alpha value is -2.11. The second kappa shape index (κ2) is 4.94. The Morgan fingerprint density at radius 3 is 2.53 bits per heavy atom. The molecule has 0 unspecified atom stereocenters. The van der Waals surface area contributed by atoms with Crippen molar-refractivity contribution in [2.24, 2.45) is 0 Å². The number of methoxy groups -OCH3 is 1. The molecule has 0 aliphatic carbocycles. The Morgan fingerprint density at radius 2 is 2.13 bits per heavy atom. The van der Waals surface area contributed by atoms with Crippen LogP contribution >= 0.6 is 0 Å². The van der Waals surface area contributed by atoms with Crippen molar-refractivity contribution in [3.05, 3.63) is 29.8 Å². The first-order valence-corrected chi connectivity index (χ1v) is 4.09. The van der Waals surface area contributed by atoms with Crippen LogP contribution in [0.15, 0.2) is 24.2 Å². The molecule has 0 aliphatic rings. The van der Waals surface area contributed by atoms with E-state index in [9.17, 15) is 4.79 Å². The standard InChI is InChI=1S/C9H10N2O4/c1-15-9-10-3-6(4-11-9)2-7(5-12)8(13)14/h3-5,12H,2H2,1H3,(H,13,14)/b7-5-. The summed E-state index contributed by atoms with van der Waals surface area (Å²) in [5, 5.41) is 17.3. The lowest BCUT2D eigenvalue weighted by Gasteiger charge is -2.01. The Kier molecular flexibility index (Phi) is 3.61. The van der Waals surface area contributed by atoms with Crippen molar-refractivity contribution in [3.8, 4) is 6.01 Å². The topological polar surface area (TPSA) is 92.5 Å². The van der Waals surface area contributed by atoms with Crippen LogP contribution in [0.2, 0.25) is 0 Å². The fraction of sp³-hybridized carbons (Fsp3) is 0.222. The third-order valence-electron chi connectivity index (χ3n) is 1.69. The Morgan fingerprint density at radius 1 is 1.53 bits per heavy atom. The lowest BCUT2D eigenvalue weighted by Crippen LogP contribution is -2.04. The summed E-state index contributed by atoms with van der Waals surface area (Å²) in [6, 6.07) is 0.212. The van der Waals surface area contributed by atoms with Gasteiger partial charge in [0.25, 0.3) is 0 Å². The van der Waals surface area contributed by atoms with Gasteiger partial charge in [-0.05, 0) is 5.56 Å². The van der Waals surface area contributed by atoms with E-state index in [0.29, 0.717) is 11.8 Å². The number of aromatic nitrogens is 2. The number of carboxylic acid groups (broad SMARTS) is 1. The van der Waals surface area contributed by atoms with Crippen molar-refractivity contribution in [1.82, 2.24) is 9.97 Å². The van der Waals surface area contributed by atoms with Crippen LogP contribution in [0.1, 0.15) is 5.56 Å². The van der Waals surface area contributed by atoms with Crippen molar-refractivity contribution in [1.29, 1.82) is 0 Å². The molecule has 1 rings (SSSR count). The number of nitrogens with zero attached hydrogens (tertiary/aromatic N) is 2. The van der Waals surface area contributed by atoms with Crippen molar-refractivity contribution >= 4 is 5.97 Å². The average molecular weight is 210 g/mol. The van der Waals surface area contributed by atoms with E-state index in [0.717, 1.165) is 0 Å². The molecule has 0 bridgehead atoms. The monoisotopic (exact) mass is 210 g/mol. The summed E-state index contributed by atoms with van der Waals surface area (Å²) in [7, 11) is 1.44. The predicted octanol–water partition coefficient (Wildman–Crippen LogP) is 0.554. The third-order valence-corrected chi connectivity index (χ3v) is 1.69. The molecular formula is C9H10N2O4. The molecule has 0 amide bonds. The number of hydrogen-bond donors (Lipinski definition) is 2. The molecule has 0 saturated carbocycles. The van der Waals surface area contributed by atoms with E-state index in [1.807, 2.05) is 0 Å². The number of aliphatic carboxylic acids is 1. The molecule has 1 aromatic rings. The lowest BCUT2D eigenvalue weighted by atomic mass is 10.1. The fourth-order valence-electron chi connectivity index (χ4n) is 0.936. The highest BCUT2D eigenvalue weighted by molar-refractivity contribution is 5.86. The van der Waals surface area contributed by atoms with Gasteiger partial charge < -0.3 is 14.9 Å². The highest BCUT2D eigenvalue weighted by Gasteiger charge is 2.09. The summed E-state index contributed by atoms with van der Waals surface area (Å²) >= 11 is 0. The largest absolute Gasteiger partial charge is 0.515 e. The minimum atomic E-state index is -1.17. The summed E-state index contributed by atoms with van der Waals surface area (Å²) in [6.45, 7) is 0. The summed E-state index contributed by atoms with van der Waals surface area (Å²) in [6.07, 6.45) is 3.51. The van der Waals surface area contributed by atoms with Crippen molar-refractivity contribution in [3.63, 3.8) is 0 Å². The Bertz CT molecular complexity index is 372. The zero-order valence-electron chi connectivity index (χ0n) is 8.04. The van der Waals surface area contributed by atoms with E-state index in [1.165, 1.54) is 19.5 Å². The van der Waals surface area contributed by atoms with Gasteiger partial charge in [0.15, 0.2) is 0 Å². The van der Waals surface area contributed by atoms with Gasteiger partial charge in [-0.3, -0.25) is 0 Å². The van der Waals surface area contributed by atoms with E-state index in [-0.39, 0.29) is 18.0 Å². The van der Waals surface area contributed by atoms with E-state index in [4.69, 9.17) is 14.9 Å². The highest BCUT2D eigenvalue weighted by Crippen LogP contribution is 2.08. The third kappa shape index (κ3) is 2.94. The van der Waals surface area contributed by atoms with Gasteiger partial charge in [0.1, 0.15) is 0 Å². The van der Waals surface area contributed by atoms with Gasteiger partial charge in [-0.2, -0.15) is 0 Å². The lowest BCUT2D eigenvalue weighted by molar-refractivity contribution is -0.132. The second-order valence-corrected chi connectivity index (χ2v) is 2.71. The summed E-state index contributed by atoms with van der Waals surface area (Å²) in [5.74, 6) is -1.17. The molecule has 15 heavy (non-hydrogen) atoms. The predicted molar refractivity (Wildman–Crippen MR) is 50.6 cm³/mol. The van der Waals surface area contributed by atoms with Crippen LogP contribution in [-0.2, 0) is 11.2 Å². The first-order valence-electron chi connectivity index (χ1n) is 4.09. The fourth-order valence-corrected chi connectivity index (χ4v) is 0.936. The first kappa shape index (κ1) is 11.0. The van der Waals surface area contributed by atoms with Crippen molar-refractivity contribution in [2.75, 3.05) is 7.11 Å². The van der Waals surface area contributed by atoms with Crippen LogP contribution in [0.25, 0.3) is 0 Å². The van der Waals surface area contributed by atoms with Gasteiger partial charge in [0.2, 0.25) is 0 Å². The summed E-state index contributed by atoms with van der Waals surface area (Å²) in [5.41, 5.74) is 0.460. The molecule has 1 aromatic heterocycles. The molecule has 0 spiro atoms. The van der Waals surface area contributed by atoms with Crippen LogP contribution in [0.3, 0.4) is 0 Å². The number of aliphatic hydroxyl groups excluding tert-OH is 1. The van der Waals surface area contributed by atoms with Gasteiger partial charge in [-0.25, -0.2) is 14.8 Å². The number of carboxylic acids is 1. The van der Waals surface area contributed by atoms with Gasteiger partial charge >= 0.3 is 12.0 Å². The molecule has 6 nitrogen and oxygen atoms in total. The zero-order chi connectivity index (χ0) is 11.3. The number of carbonyl (C=O) groups is 1. The number of hydrogen-bond acceptors (Lipinski definition) is 5. The molecule has 0 aliphatic heterocycles. The Balaban J connectivity index is 2.76. The molecule has 2 N–H and O–H groups in total. The maximum absolute atomic E-state index is 10.6. The minimum absolute atomic E-state index is 0.0653. The van der Waals surface area contributed by atoms with Gasteiger partial charge in [0.05, 0.1) is 18.9 Å². The SMILES string of the molecule is COc1ncc(C/C(=C/O)C(=O)O)cn1.